The van der Waals surface area contributed by atoms with Crippen LogP contribution >= 0.6 is 0 Å². The first-order valence-corrected chi connectivity index (χ1v) is 5.24. The first kappa shape index (κ1) is 11.7. The van der Waals surface area contributed by atoms with Crippen LogP contribution in [0.15, 0.2) is 0 Å². The van der Waals surface area contributed by atoms with Crippen molar-refractivity contribution in [1.29, 1.82) is 0 Å². The van der Waals surface area contributed by atoms with E-state index in [9.17, 15) is 9.59 Å². The molecule has 0 radical (unpaired) electrons. The number of carbonyl (C=O) groups excluding carboxylic acids is 2. The van der Waals surface area contributed by atoms with Gasteiger partial charge in [0.15, 0.2) is 5.41 Å². The van der Waals surface area contributed by atoms with E-state index in [2.05, 4.69) is 10.3 Å². The van der Waals surface area contributed by atoms with Gasteiger partial charge in [0.1, 0.15) is 0 Å². The Morgan fingerprint density at radius 3 is 2.47 bits per heavy atom. The minimum absolute atomic E-state index is 0.100. The molecule has 0 saturated heterocycles. The van der Waals surface area contributed by atoms with E-state index in [4.69, 9.17) is 5.73 Å². The molecular weight excluding hydrogens is 194 g/mol. The molecule has 0 unspecified atom stereocenters. The number of urea groups is 1. The second-order valence-electron chi connectivity index (χ2n) is 3.96. The Morgan fingerprint density at radius 1 is 1.47 bits per heavy atom. The van der Waals surface area contributed by atoms with Crippen molar-refractivity contribution < 1.29 is 14.6 Å². The van der Waals surface area contributed by atoms with E-state index >= 15 is 0 Å². The zero-order chi connectivity index (χ0) is 11.6. The van der Waals surface area contributed by atoms with Crippen LogP contribution in [0.1, 0.15) is 33.6 Å². The van der Waals surface area contributed by atoms with E-state index in [0.29, 0.717) is 6.42 Å². The molecular formula is C10H18N3O2+. The van der Waals surface area contributed by atoms with Gasteiger partial charge in [0, 0.05) is 0 Å². The third-order valence-corrected chi connectivity index (χ3v) is 3.37. The average Bonchev–Trinajstić information content (AvgIpc) is 2.17. The second kappa shape index (κ2) is 4.00. The van der Waals surface area contributed by atoms with E-state index in [-0.39, 0.29) is 17.7 Å². The van der Waals surface area contributed by atoms with Gasteiger partial charge in [-0.05, 0) is 12.3 Å². The van der Waals surface area contributed by atoms with Gasteiger partial charge in [-0.25, -0.2) is 15.1 Å². The van der Waals surface area contributed by atoms with Crippen LogP contribution in [-0.2, 0) is 4.79 Å². The third kappa shape index (κ3) is 1.62. The van der Waals surface area contributed by atoms with Crippen LogP contribution in [-0.4, -0.2) is 17.8 Å². The summed E-state index contributed by atoms with van der Waals surface area (Å²) in [6.07, 6.45) is 1.41. The molecule has 2 atom stereocenters. The summed E-state index contributed by atoms with van der Waals surface area (Å²) in [7, 11) is 0. The first-order valence-electron chi connectivity index (χ1n) is 5.24. The van der Waals surface area contributed by atoms with Crippen molar-refractivity contribution in [1.82, 2.24) is 5.32 Å². The Morgan fingerprint density at radius 2 is 2.07 bits per heavy atom. The molecule has 0 spiro atoms. The van der Waals surface area contributed by atoms with Gasteiger partial charge >= 0.3 is 6.03 Å². The Balaban J connectivity index is 3.22. The van der Waals surface area contributed by atoms with Crippen molar-refractivity contribution in [2.75, 3.05) is 0 Å². The van der Waals surface area contributed by atoms with Gasteiger partial charge in [-0.2, -0.15) is 0 Å². The monoisotopic (exact) mass is 212 g/mol. The van der Waals surface area contributed by atoms with E-state index < -0.39 is 11.4 Å². The van der Waals surface area contributed by atoms with E-state index in [1.54, 1.807) is 0 Å². The standard InChI is InChI=1S/C10H17N3O2/c1-4-6(3)10(5-2)7(11)12-9(15)13-8(10)14/h6H,4-5H2,1-3H3,(H3,11,12,13,14,15)/p+1/t6-,10-/m1/s1. The van der Waals surface area contributed by atoms with Gasteiger partial charge in [-0.15, -0.1) is 0 Å². The lowest BCUT2D eigenvalue weighted by atomic mass is 9.70. The van der Waals surface area contributed by atoms with Crippen molar-refractivity contribution in [3.05, 3.63) is 0 Å². The fraction of sp³-hybridized carbons (Fsp3) is 0.700. The molecule has 3 amide bonds. The molecule has 15 heavy (non-hydrogen) atoms. The van der Waals surface area contributed by atoms with E-state index in [1.807, 2.05) is 20.8 Å². The molecule has 0 saturated carbocycles. The van der Waals surface area contributed by atoms with Gasteiger partial charge in [-0.3, -0.25) is 4.79 Å². The number of hydrogen-bond donors (Lipinski definition) is 3. The highest BCUT2D eigenvalue weighted by molar-refractivity contribution is 6.12. The van der Waals surface area contributed by atoms with Crippen LogP contribution in [0.2, 0.25) is 0 Å². The summed E-state index contributed by atoms with van der Waals surface area (Å²) in [5.41, 5.74) is 5.04. The molecule has 1 aliphatic rings. The zero-order valence-corrected chi connectivity index (χ0v) is 9.39. The lowest BCUT2D eigenvalue weighted by Crippen LogP contribution is -2.90. The highest BCUT2D eigenvalue weighted by Gasteiger charge is 2.52. The molecule has 0 aliphatic carbocycles. The van der Waals surface area contributed by atoms with Gasteiger partial charge in [0.05, 0.1) is 0 Å². The molecule has 84 valence electrons. The number of amidine groups is 1. The molecule has 5 heteroatoms. The van der Waals surface area contributed by atoms with Crippen molar-refractivity contribution in [2.45, 2.75) is 33.6 Å². The lowest BCUT2D eigenvalue weighted by Gasteiger charge is -2.33. The fourth-order valence-corrected chi connectivity index (χ4v) is 2.14. The Labute approximate surface area is 89.1 Å². The third-order valence-electron chi connectivity index (χ3n) is 3.37. The smallest absolute Gasteiger partial charge is 0.321 e. The topological polar surface area (TPSA) is 86.2 Å². The van der Waals surface area contributed by atoms with Gasteiger partial charge in [-0.1, -0.05) is 27.2 Å². The zero-order valence-electron chi connectivity index (χ0n) is 9.39. The summed E-state index contributed by atoms with van der Waals surface area (Å²) in [6.45, 7) is 5.86. The largest absolute Gasteiger partial charge is 0.440 e. The Kier molecular flexibility index (Phi) is 3.12. The van der Waals surface area contributed by atoms with Gasteiger partial charge < -0.3 is 5.73 Å². The molecule has 0 aromatic carbocycles. The molecule has 4 N–H and O–H groups in total. The summed E-state index contributed by atoms with van der Waals surface area (Å²) in [5.74, 6) is 0.0804. The molecule has 1 rings (SSSR count). The number of nitrogens with one attached hydrogen (secondary N) is 2. The van der Waals surface area contributed by atoms with Crippen molar-refractivity contribution >= 4 is 17.8 Å². The van der Waals surface area contributed by atoms with Crippen molar-refractivity contribution in [2.24, 2.45) is 17.1 Å². The van der Waals surface area contributed by atoms with E-state index in [1.165, 1.54) is 0 Å². The van der Waals surface area contributed by atoms with Crippen molar-refractivity contribution in [3.63, 3.8) is 0 Å². The Bertz CT molecular complexity index is 325. The predicted molar refractivity (Wildman–Crippen MR) is 55.9 cm³/mol. The first-order chi connectivity index (χ1) is 6.98. The quantitative estimate of drug-likeness (QED) is 0.567. The molecule has 1 aliphatic heterocycles. The normalized spacial score (nSPS) is 28.3. The highest BCUT2D eigenvalue weighted by Crippen LogP contribution is 2.33. The Hall–Kier alpha value is -1.39. The number of rotatable bonds is 3. The highest BCUT2D eigenvalue weighted by atomic mass is 16.2. The second-order valence-corrected chi connectivity index (χ2v) is 3.96. The summed E-state index contributed by atoms with van der Waals surface area (Å²) in [6, 6.07) is -0.537. The van der Waals surface area contributed by atoms with Crippen molar-refractivity contribution in [3.8, 4) is 0 Å². The number of imide groups is 1. The van der Waals surface area contributed by atoms with Crippen LogP contribution in [0.5, 0.6) is 0 Å². The van der Waals surface area contributed by atoms with Gasteiger partial charge in [0.25, 0.3) is 5.91 Å². The number of carbonyl (C=O) groups is 2. The summed E-state index contributed by atoms with van der Waals surface area (Å²) < 4.78 is 0. The van der Waals surface area contributed by atoms with E-state index in [0.717, 1.165) is 6.42 Å². The summed E-state index contributed by atoms with van der Waals surface area (Å²) in [5, 5.41) is 2.28. The maximum Gasteiger partial charge on any atom is 0.440 e. The molecule has 0 aromatic heterocycles. The fourth-order valence-electron chi connectivity index (χ4n) is 2.14. The summed E-state index contributed by atoms with van der Waals surface area (Å²) in [4.78, 5) is 25.4. The van der Waals surface area contributed by atoms with Crippen LogP contribution in [0.25, 0.3) is 0 Å². The van der Waals surface area contributed by atoms with Crippen LogP contribution in [0, 0.1) is 11.3 Å². The minimum Gasteiger partial charge on any atom is -0.321 e. The number of amides is 3. The predicted octanol–water partition coefficient (Wildman–Crippen LogP) is -0.883. The van der Waals surface area contributed by atoms with Crippen LogP contribution in [0.4, 0.5) is 4.79 Å². The minimum atomic E-state index is -0.761. The van der Waals surface area contributed by atoms with Gasteiger partial charge in [0.2, 0.25) is 5.84 Å². The molecule has 0 fully saturated rings. The maximum atomic E-state index is 11.9. The average molecular weight is 212 g/mol. The maximum absolute atomic E-state index is 11.9. The molecule has 5 nitrogen and oxygen atoms in total. The van der Waals surface area contributed by atoms with Crippen LogP contribution < -0.4 is 16.0 Å². The van der Waals surface area contributed by atoms with Crippen LogP contribution in [0.3, 0.4) is 0 Å². The molecule has 0 bridgehead atoms. The summed E-state index contributed by atoms with van der Waals surface area (Å²) >= 11 is 0. The molecule has 1 heterocycles. The number of nitrogens with two attached hydrogens (primary N) is 1. The number of hydrogen-bond acceptors (Lipinski definition) is 3. The lowest BCUT2D eigenvalue weighted by molar-refractivity contribution is -0.355. The SMILES string of the molecule is CC[C@@H](C)[C@@]1(CC)C(=O)NC(=O)[NH+]=C1N. The molecule has 0 aromatic rings.